The summed E-state index contributed by atoms with van der Waals surface area (Å²) >= 11 is 0. The van der Waals surface area contributed by atoms with E-state index in [0.717, 1.165) is 12.8 Å². The van der Waals surface area contributed by atoms with Gasteiger partial charge in [0.15, 0.2) is 0 Å². The fourth-order valence-electron chi connectivity index (χ4n) is 2.01. The van der Waals surface area contributed by atoms with Gasteiger partial charge in [0.25, 0.3) is 0 Å². The van der Waals surface area contributed by atoms with E-state index in [4.69, 9.17) is 9.84 Å². The maximum Gasteiger partial charge on any atom is 0.303 e. The third-order valence-electron chi connectivity index (χ3n) is 3.04. The molecule has 0 saturated carbocycles. The number of hydrogen-bond donors (Lipinski definition) is 2. The van der Waals surface area contributed by atoms with E-state index in [1.165, 1.54) is 0 Å². The van der Waals surface area contributed by atoms with Crippen molar-refractivity contribution in [2.45, 2.75) is 51.7 Å². The maximum atomic E-state index is 11.9. The number of hydrogen-bond acceptors (Lipinski definition) is 3. The van der Waals surface area contributed by atoms with Gasteiger partial charge in [0.1, 0.15) is 0 Å². The van der Waals surface area contributed by atoms with Gasteiger partial charge in [-0.3, -0.25) is 9.59 Å². The summed E-state index contributed by atoms with van der Waals surface area (Å²) in [5.41, 5.74) is 0. The first-order valence-electron chi connectivity index (χ1n) is 6.12. The first-order valence-corrected chi connectivity index (χ1v) is 6.12. The van der Waals surface area contributed by atoms with E-state index in [-0.39, 0.29) is 30.4 Å². The van der Waals surface area contributed by atoms with Crippen LogP contribution >= 0.6 is 0 Å². The van der Waals surface area contributed by atoms with Crippen molar-refractivity contribution in [1.82, 2.24) is 5.32 Å². The number of carbonyl (C=O) groups is 2. The van der Waals surface area contributed by atoms with Crippen LogP contribution in [0.2, 0.25) is 0 Å². The molecule has 1 aliphatic rings. The molecule has 1 amide bonds. The molecule has 1 aliphatic heterocycles. The molecule has 1 rings (SSSR count). The van der Waals surface area contributed by atoms with E-state index in [1.807, 2.05) is 13.8 Å². The first-order chi connectivity index (χ1) is 7.99. The lowest BCUT2D eigenvalue weighted by molar-refractivity contribution is -0.137. The van der Waals surface area contributed by atoms with E-state index in [2.05, 4.69) is 5.32 Å². The fourth-order valence-corrected chi connectivity index (χ4v) is 2.01. The minimum absolute atomic E-state index is 0.00558. The summed E-state index contributed by atoms with van der Waals surface area (Å²) in [5, 5.41) is 11.4. The second-order valence-electron chi connectivity index (χ2n) is 4.74. The SMILES string of the molecule is CC(CCC(=O)O)NC(=O)C1CCOC(C)C1. The van der Waals surface area contributed by atoms with Gasteiger partial charge in [-0.05, 0) is 33.1 Å². The number of nitrogens with one attached hydrogen (secondary N) is 1. The normalized spacial score (nSPS) is 26.2. The Kier molecular flexibility index (Phi) is 5.41. The monoisotopic (exact) mass is 243 g/mol. The first kappa shape index (κ1) is 14.0. The Morgan fingerprint density at radius 1 is 1.53 bits per heavy atom. The van der Waals surface area contributed by atoms with Gasteiger partial charge in [-0.15, -0.1) is 0 Å². The highest BCUT2D eigenvalue weighted by Crippen LogP contribution is 2.20. The summed E-state index contributed by atoms with van der Waals surface area (Å²) in [5.74, 6) is -0.796. The van der Waals surface area contributed by atoms with E-state index in [9.17, 15) is 9.59 Å². The van der Waals surface area contributed by atoms with Gasteiger partial charge in [-0.2, -0.15) is 0 Å². The number of ether oxygens (including phenoxy) is 1. The van der Waals surface area contributed by atoms with Crippen LogP contribution in [0.3, 0.4) is 0 Å². The lowest BCUT2D eigenvalue weighted by Gasteiger charge is -2.27. The topological polar surface area (TPSA) is 75.6 Å². The molecular weight excluding hydrogens is 222 g/mol. The smallest absolute Gasteiger partial charge is 0.303 e. The van der Waals surface area contributed by atoms with Crippen LogP contribution in [0.4, 0.5) is 0 Å². The molecule has 5 heteroatoms. The molecule has 0 aliphatic carbocycles. The van der Waals surface area contributed by atoms with E-state index in [1.54, 1.807) is 0 Å². The summed E-state index contributed by atoms with van der Waals surface area (Å²) in [6, 6.07) is -0.0863. The Morgan fingerprint density at radius 3 is 2.82 bits per heavy atom. The van der Waals surface area contributed by atoms with Crippen molar-refractivity contribution in [1.29, 1.82) is 0 Å². The van der Waals surface area contributed by atoms with Gasteiger partial charge in [0, 0.05) is 25.0 Å². The zero-order valence-electron chi connectivity index (χ0n) is 10.4. The Balaban J connectivity index is 2.29. The third-order valence-corrected chi connectivity index (χ3v) is 3.04. The van der Waals surface area contributed by atoms with Gasteiger partial charge in [-0.25, -0.2) is 0 Å². The van der Waals surface area contributed by atoms with Gasteiger partial charge in [0.2, 0.25) is 5.91 Å². The van der Waals surface area contributed by atoms with Crippen molar-refractivity contribution < 1.29 is 19.4 Å². The lowest BCUT2D eigenvalue weighted by Crippen LogP contribution is -2.40. The van der Waals surface area contributed by atoms with E-state index >= 15 is 0 Å². The van der Waals surface area contributed by atoms with Crippen LogP contribution < -0.4 is 5.32 Å². The number of aliphatic carboxylic acids is 1. The molecule has 0 bridgehead atoms. The van der Waals surface area contributed by atoms with Crippen LogP contribution in [0, 0.1) is 5.92 Å². The average Bonchev–Trinajstić information content (AvgIpc) is 2.26. The fraction of sp³-hybridized carbons (Fsp3) is 0.833. The summed E-state index contributed by atoms with van der Waals surface area (Å²) in [4.78, 5) is 22.3. The summed E-state index contributed by atoms with van der Waals surface area (Å²) in [6.07, 6.45) is 2.19. The Labute approximate surface area is 102 Å². The maximum absolute atomic E-state index is 11.9. The van der Waals surface area contributed by atoms with Crippen LogP contribution in [-0.4, -0.2) is 35.7 Å². The minimum Gasteiger partial charge on any atom is -0.481 e. The number of rotatable bonds is 5. The number of amides is 1. The van der Waals surface area contributed by atoms with Crippen LogP contribution in [-0.2, 0) is 14.3 Å². The zero-order valence-corrected chi connectivity index (χ0v) is 10.4. The summed E-state index contributed by atoms with van der Waals surface area (Å²) in [7, 11) is 0. The van der Waals surface area contributed by atoms with Crippen molar-refractivity contribution in [2.75, 3.05) is 6.61 Å². The number of carbonyl (C=O) groups excluding carboxylic acids is 1. The van der Waals surface area contributed by atoms with Crippen molar-refractivity contribution in [3.05, 3.63) is 0 Å². The number of carboxylic acid groups (broad SMARTS) is 1. The highest BCUT2D eigenvalue weighted by molar-refractivity contribution is 5.79. The molecule has 0 aromatic heterocycles. The van der Waals surface area contributed by atoms with Crippen molar-refractivity contribution in [2.24, 2.45) is 5.92 Å². The standard InChI is InChI=1S/C12H21NO4/c1-8(3-4-11(14)15)13-12(16)10-5-6-17-9(2)7-10/h8-10H,3-7H2,1-2H3,(H,13,16)(H,14,15). The average molecular weight is 243 g/mol. The predicted molar refractivity (Wildman–Crippen MR) is 62.6 cm³/mol. The van der Waals surface area contributed by atoms with E-state index < -0.39 is 5.97 Å². The highest BCUT2D eigenvalue weighted by Gasteiger charge is 2.26. The van der Waals surface area contributed by atoms with Crippen LogP contribution in [0.15, 0.2) is 0 Å². The summed E-state index contributed by atoms with van der Waals surface area (Å²) in [6.45, 7) is 4.43. The van der Waals surface area contributed by atoms with E-state index in [0.29, 0.717) is 13.0 Å². The lowest BCUT2D eigenvalue weighted by atomic mass is 9.95. The van der Waals surface area contributed by atoms with Crippen molar-refractivity contribution >= 4 is 11.9 Å². The molecule has 1 fully saturated rings. The second kappa shape index (κ2) is 6.59. The van der Waals surface area contributed by atoms with Crippen LogP contribution in [0.25, 0.3) is 0 Å². The Bertz CT molecular complexity index is 280. The molecule has 3 atom stereocenters. The Hall–Kier alpha value is -1.10. The van der Waals surface area contributed by atoms with Crippen LogP contribution in [0.5, 0.6) is 0 Å². The molecular formula is C12H21NO4. The number of carboxylic acids is 1. The molecule has 2 N–H and O–H groups in total. The molecule has 1 saturated heterocycles. The van der Waals surface area contributed by atoms with Crippen molar-refractivity contribution in [3.63, 3.8) is 0 Å². The summed E-state index contributed by atoms with van der Waals surface area (Å²) < 4.78 is 5.38. The van der Waals surface area contributed by atoms with Gasteiger partial charge < -0.3 is 15.2 Å². The minimum atomic E-state index is -0.828. The van der Waals surface area contributed by atoms with Gasteiger partial charge in [-0.1, -0.05) is 0 Å². The van der Waals surface area contributed by atoms with Crippen LogP contribution in [0.1, 0.15) is 39.5 Å². The molecule has 0 radical (unpaired) electrons. The molecule has 0 aromatic carbocycles. The van der Waals surface area contributed by atoms with Gasteiger partial charge in [0.05, 0.1) is 6.10 Å². The highest BCUT2D eigenvalue weighted by atomic mass is 16.5. The third kappa shape index (κ3) is 5.17. The van der Waals surface area contributed by atoms with Gasteiger partial charge >= 0.3 is 5.97 Å². The quantitative estimate of drug-likeness (QED) is 0.760. The molecule has 0 aromatic rings. The Morgan fingerprint density at radius 2 is 2.24 bits per heavy atom. The second-order valence-corrected chi connectivity index (χ2v) is 4.74. The zero-order chi connectivity index (χ0) is 12.8. The molecule has 1 heterocycles. The predicted octanol–water partition coefficient (Wildman–Crippen LogP) is 1.17. The molecule has 5 nitrogen and oxygen atoms in total. The molecule has 98 valence electrons. The van der Waals surface area contributed by atoms with Crippen molar-refractivity contribution in [3.8, 4) is 0 Å². The molecule has 3 unspecified atom stereocenters. The largest absolute Gasteiger partial charge is 0.481 e. The molecule has 17 heavy (non-hydrogen) atoms. The molecule has 0 spiro atoms.